The van der Waals surface area contributed by atoms with Crippen molar-refractivity contribution in [3.63, 3.8) is 0 Å². The lowest BCUT2D eigenvalue weighted by Gasteiger charge is -2.31. The van der Waals surface area contributed by atoms with Crippen LogP contribution in [0.5, 0.6) is 0 Å². The molecule has 0 aromatic heterocycles. The molecule has 0 spiro atoms. The molecule has 2 saturated heterocycles. The number of hydrogen-bond donors (Lipinski definition) is 4. The average Bonchev–Trinajstić information content (AvgIpc) is 3.28. The number of ketones is 3. The van der Waals surface area contributed by atoms with E-state index in [1.807, 2.05) is 0 Å². The van der Waals surface area contributed by atoms with E-state index in [1.165, 1.54) is 0 Å². The molecule has 4 atom stereocenters. The highest BCUT2D eigenvalue weighted by atomic mass is 127. The SMILES string of the molecule is CCC(=O)CCC(=O)C(C(=O)CCCC[C@@H]1SC[C@@H]2NC(=O)N[C@@H]21)C(N)(N)OC(=O)CI. The van der Waals surface area contributed by atoms with Crippen LogP contribution in [0.2, 0.25) is 0 Å². The second kappa shape index (κ2) is 12.3. The number of thioether (sulfide) groups is 1. The summed E-state index contributed by atoms with van der Waals surface area (Å²) in [5.74, 6) is -4.89. The molecule has 0 saturated carbocycles. The molecule has 32 heavy (non-hydrogen) atoms. The Morgan fingerprint density at radius 1 is 1.16 bits per heavy atom. The molecule has 0 aromatic rings. The Morgan fingerprint density at radius 3 is 2.50 bits per heavy atom. The third-order valence-electron chi connectivity index (χ3n) is 5.64. The Kier molecular flexibility index (Phi) is 10.4. The number of Topliss-reactive ketones (excluding diaryl/α,β-unsaturated/α-hetero) is 3. The molecule has 6 N–H and O–H groups in total. The summed E-state index contributed by atoms with van der Waals surface area (Å²) in [6.07, 6.45) is 2.16. The van der Waals surface area contributed by atoms with Crippen LogP contribution in [-0.2, 0) is 23.9 Å². The summed E-state index contributed by atoms with van der Waals surface area (Å²) < 4.78 is 4.96. The molecule has 2 aliphatic rings. The quantitative estimate of drug-likeness (QED) is 0.0440. The maximum Gasteiger partial charge on any atom is 0.318 e. The molecule has 180 valence electrons. The van der Waals surface area contributed by atoms with Crippen molar-refractivity contribution in [3.8, 4) is 0 Å². The molecule has 2 fully saturated rings. The van der Waals surface area contributed by atoms with Gasteiger partial charge in [-0.1, -0.05) is 35.9 Å². The van der Waals surface area contributed by atoms with Gasteiger partial charge in [0, 0.05) is 36.7 Å². The first kappa shape index (κ1) is 27.0. The third kappa shape index (κ3) is 7.39. The summed E-state index contributed by atoms with van der Waals surface area (Å²) in [7, 11) is 0. The lowest BCUT2D eigenvalue weighted by Crippen LogP contribution is -2.63. The minimum Gasteiger partial charge on any atom is -0.429 e. The normalized spacial score (nSPS) is 23.1. The second-order valence-electron chi connectivity index (χ2n) is 8.09. The van der Waals surface area contributed by atoms with E-state index in [0.29, 0.717) is 12.8 Å². The molecule has 12 heteroatoms. The zero-order valence-electron chi connectivity index (χ0n) is 18.1. The lowest BCUT2D eigenvalue weighted by atomic mass is 9.87. The number of fused-ring (bicyclic) bond motifs is 1. The number of carbonyl (C=O) groups excluding carboxylic acids is 5. The van der Waals surface area contributed by atoms with Gasteiger partial charge in [0.2, 0.25) is 5.85 Å². The Balaban J connectivity index is 1.92. The van der Waals surface area contributed by atoms with Gasteiger partial charge in [0.25, 0.3) is 0 Å². The monoisotopic (exact) mass is 582 g/mol. The molecule has 0 radical (unpaired) electrons. The Morgan fingerprint density at radius 2 is 1.84 bits per heavy atom. The predicted molar refractivity (Wildman–Crippen MR) is 128 cm³/mol. The molecule has 10 nitrogen and oxygen atoms in total. The van der Waals surface area contributed by atoms with E-state index in [4.69, 9.17) is 16.2 Å². The van der Waals surface area contributed by atoms with Crippen molar-refractivity contribution < 1.29 is 28.7 Å². The standard InChI is InChI=1S/C20H31IN4O6S/c1-2-11(26)7-8-14(28)17(20(22,23)31-16(29)9-21)13(27)5-3-4-6-15-18-12(10-32-15)24-19(30)25-18/h12,15,17-18H,2-10,22-23H2,1H3,(H2,24,25,30)/t12-,15-,17?,18-/m0/s1. The average molecular weight is 582 g/mol. The van der Waals surface area contributed by atoms with E-state index in [0.717, 1.165) is 12.2 Å². The maximum absolute atomic E-state index is 12.9. The summed E-state index contributed by atoms with van der Waals surface area (Å²) in [5.41, 5.74) is 11.8. The van der Waals surface area contributed by atoms with Gasteiger partial charge in [0.1, 0.15) is 17.5 Å². The Labute approximate surface area is 205 Å². The minimum absolute atomic E-state index is 0.0172. The smallest absolute Gasteiger partial charge is 0.318 e. The van der Waals surface area contributed by atoms with E-state index in [2.05, 4.69) is 10.6 Å². The first-order valence-electron chi connectivity index (χ1n) is 10.7. The Hall–Kier alpha value is -1.25. The number of urea groups is 1. The summed E-state index contributed by atoms with van der Waals surface area (Å²) >= 11 is 3.55. The van der Waals surface area contributed by atoms with Crippen molar-refractivity contribution >= 4 is 63.7 Å². The van der Waals surface area contributed by atoms with Crippen LogP contribution in [0.25, 0.3) is 0 Å². The highest BCUT2D eigenvalue weighted by molar-refractivity contribution is 14.1. The predicted octanol–water partition coefficient (Wildman–Crippen LogP) is 0.775. The summed E-state index contributed by atoms with van der Waals surface area (Å²) in [4.78, 5) is 60.4. The molecule has 1 unspecified atom stereocenters. The second-order valence-corrected chi connectivity index (χ2v) is 10.1. The fourth-order valence-corrected chi connectivity index (χ4v) is 5.68. The third-order valence-corrected chi connectivity index (χ3v) is 7.77. The maximum atomic E-state index is 12.9. The number of unbranched alkanes of at least 4 members (excludes halogenated alkanes) is 1. The van der Waals surface area contributed by atoms with Gasteiger partial charge in [-0.2, -0.15) is 11.8 Å². The molecule has 2 rings (SSSR count). The zero-order chi connectivity index (χ0) is 23.9. The van der Waals surface area contributed by atoms with Crippen LogP contribution in [0.3, 0.4) is 0 Å². The number of nitrogens with two attached hydrogens (primary N) is 2. The van der Waals surface area contributed by atoms with E-state index >= 15 is 0 Å². The molecule has 0 aliphatic carbocycles. The van der Waals surface area contributed by atoms with Crippen LogP contribution in [0, 0.1) is 5.92 Å². The van der Waals surface area contributed by atoms with Crippen molar-refractivity contribution in [2.75, 3.05) is 10.2 Å². The molecule has 2 amide bonds. The Bertz CT molecular complexity index is 750. The van der Waals surface area contributed by atoms with Gasteiger partial charge in [0.05, 0.1) is 16.5 Å². The molecule has 0 bridgehead atoms. The van der Waals surface area contributed by atoms with Gasteiger partial charge in [0.15, 0.2) is 5.78 Å². The molecule has 2 aliphatic heterocycles. The van der Waals surface area contributed by atoms with E-state index in [9.17, 15) is 24.0 Å². The summed E-state index contributed by atoms with van der Waals surface area (Å²) in [6, 6.07) is 0.0726. The minimum atomic E-state index is -2.26. The number of amides is 2. The fourth-order valence-electron chi connectivity index (χ4n) is 3.98. The van der Waals surface area contributed by atoms with Gasteiger partial charge in [-0.25, -0.2) is 4.79 Å². The van der Waals surface area contributed by atoms with Gasteiger partial charge >= 0.3 is 12.0 Å². The van der Waals surface area contributed by atoms with Crippen LogP contribution >= 0.6 is 34.4 Å². The summed E-state index contributed by atoms with van der Waals surface area (Å²) in [5, 5.41) is 6.08. The topological polar surface area (TPSA) is 171 Å². The van der Waals surface area contributed by atoms with Crippen LogP contribution in [0.15, 0.2) is 0 Å². The summed E-state index contributed by atoms with van der Waals surface area (Å²) in [6.45, 7) is 1.69. The highest BCUT2D eigenvalue weighted by Crippen LogP contribution is 2.33. The number of ether oxygens (including phenoxy) is 1. The van der Waals surface area contributed by atoms with E-state index in [-0.39, 0.29) is 59.3 Å². The largest absolute Gasteiger partial charge is 0.429 e. The van der Waals surface area contributed by atoms with Gasteiger partial charge in [-0.3, -0.25) is 30.6 Å². The number of carbonyl (C=O) groups is 5. The number of nitrogens with one attached hydrogen (secondary N) is 2. The fraction of sp³-hybridized carbons (Fsp3) is 0.750. The molecular formula is C20H31IN4O6S. The van der Waals surface area contributed by atoms with Crippen molar-refractivity contribution in [1.29, 1.82) is 0 Å². The van der Waals surface area contributed by atoms with Gasteiger partial charge in [-0.15, -0.1) is 0 Å². The van der Waals surface area contributed by atoms with Gasteiger partial charge in [-0.05, 0) is 12.8 Å². The van der Waals surface area contributed by atoms with Crippen LogP contribution in [0.4, 0.5) is 4.79 Å². The van der Waals surface area contributed by atoms with Crippen LogP contribution in [0.1, 0.15) is 51.9 Å². The van der Waals surface area contributed by atoms with Crippen molar-refractivity contribution in [2.24, 2.45) is 17.4 Å². The number of esters is 1. The first-order valence-corrected chi connectivity index (χ1v) is 13.3. The van der Waals surface area contributed by atoms with Gasteiger partial charge < -0.3 is 15.4 Å². The van der Waals surface area contributed by atoms with Crippen LogP contribution < -0.4 is 22.1 Å². The van der Waals surface area contributed by atoms with Crippen molar-refractivity contribution in [3.05, 3.63) is 0 Å². The molecule has 2 heterocycles. The number of halogens is 1. The molecular weight excluding hydrogens is 551 g/mol. The lowest BCUT2D eigenvalue weighted by molar-refractivity contribution is -0.167. The van der Waals surface area contributed by atoms with Crippen LogP contribution in [-0.4, -0.2) is 62.7 Å². The molecule has 0 aromatic carbocycles. The van der Waals surface area contributed by atoms with Crippen molar-refractivity contribution in [2.45, 2.75) is 75.1 Å². The first-order chi connectivity index (χ1) is 15.1. The number of rotatable bonds is 14. The highest BCUT2D eigenvalue weighted by Gasteiger charge is 2.45. The van der Waals surface area contributed by atoms with E-state index < -0.39 is 29.3 Å². The van der Waals surface area contributed by atoms with Crippen molar-refractivity contribution in [1.82, 2.24) is 10.6 Å². The van der Waals surface area contributed by atoms with E-state index in [1.54, 1.807) is 41.3 Å². The number of hydrogen-bond acceptors (Lipinski definition) is 9. The zero-order valence-corrected chi connectivity index (χ0v) is 21.0. The number of alkyl halides is 1.